The first-order chi connectivity index (χ1) is 14.7. The lowest BCUT2D eigenvalue weighted by Gasteiger charge is -2.23. The van der Waals surface area contributed by atoms with E-state index < -0.39 is 42.5 Å². The molecule has 3 rings (SSSR count). The van der Waals surface area contributed by atoms with Crippen molar-refractivity contribution in [3.05, 3.63) is 47.5 Å². The Morgan fingerprint density at radius 1 is 1.10 bits per heavy atom. The van der Waals surface area contributed by atoms with Gasteiger partial charge in [0.05, 0.1) is 19.7 Å². The van der Waals surface area contributed by atoms with Crippen LogP contribution >= 0.6 is 0 Å². The number of nitrogens with one attached hydrogen (secondary N) is 2. The van der Waals surface area contributed by atoms with Crippen molar-refractivity contribution in [2.45, 2.75) is 24.6 Å². The second-order valence-electron chi connectivity index (χ2n) is 7.16. The molecule has 1 aliphatic heterocycles. The first-order valence-electron chi connectivity index (χ1n) is 9.45. The van der Waals surface area contributed by atoms with E-state index in [1.54, 1.807) is 18.2 Å². The maximum atomic E-state index is 12.3. The molecule has 31 heavy (non-hydrogen) atoms. The Morgan fingerprint density at radius 3 is 2.42 bits per heavy atom. The highest BCUT2D eigenvalue weighted by Crippen LogP contribution is 2.33. The van der Waals surface area contributed by atoms with Gasteiger partial charge in [-0.3, -0.25) is 9.59 Å². The molecule has 10 heteroatoms. The number of esters is 1. The molecule has 2 amide bonds. The number of carbonyl (C=O) groups excluding carboxylic acids is 3. The highest BCUT2D eigenvalue weighted by Gasteiger charge is 2.33. The first kappa shape index (κ1) is 22.1. The summed E-state index contributed by atoms with van der Waals surface area (Å²) >= 11 is 0. The second kappa shape index (κ2) is 9.02. The number of benzene rings is 2. The standard InChI is InChI=1S/C21H23N3O7/c1-31-21(30)18-19(28)13-7-11(3-5-16(13)26)10-2-4-15(25)12(6-10)8-14(22)20(29)23-9-17(27)24-18/h2-7,14,18-19,25-26,28H,8-9,22H2,1H3,(H,23,29)(H,24,27). The largest absolute Gasteiger partial charge is 0.508 e. The molecule has 0 aromatic heterocycles. The number of fused-ring (bicyclic) bond motifs is 5. The molecule has 0 saturated carbocycles. The van der Waals surface area contributed by atoms with Crippen LogP contribution in [0.2, 0.25) is 0 Å². The average molecular weight is 429 g/mol. The molecule has 7 N–H and O–H groups in total. The number of aromatic hydroxyl groups is 2. The Hall–Kier alpha value is -3.63. The van der Waals surface area contributed by atoms with Gasteiger partial charge in [-0.05, 0) is 41.0 Å². The molecule has 0 spiro atoms. The lowest BCUT2D eigenvalue weighted by molar-refractivity contribution is -0.148. The Morgan fingerprint density at radius 2 is 1.74 bits per heavy atom. The third-order valence-electron chi connectivity index (χ3n) is 5.05. The lowest BCUT2D eigenvalue weighted by atomic mass is 9.94. The summed E-state index contributed by atoms with van der Waals surface area (Å²) in [6.45, 7) is -0.509. The van der Waals surface area contributed by atoms with Crippen LogP contribution in [-0.4, -0.2) is 58.8 Å². The van der Waals surface area contributed by atoms with E-state index in [0.29, 0.717) is 16.7 Å². The Kier molecular flexibility index (Phi) is 6.42. The van der Waals surface area contributed by atoms with Crippen LogP contribution in [0.4, 0.5) is 0 Å². The van der Waals surface area contributed by atoms with Gasteiger partial charge in [-0.2, -0.15) is 0 Å². The maximum Gasteiger partial charge on any atom is 0.331 e. The number of rotatable bonds is 1. The van der Waals surface area contributed by atoms with Gasteiger partial charge in [-0.1, -0.05) is 12.1 Å². The van der Waals surface area contributed by atoms with Gasteiger partial charge < -0.3 is 36.4 Å². The number of ether oxygens (including phenoxy) is 1. The van der Waals surface area contributed by atoms with Crippen molar-refractivity contribution < 1.29 is 34.4 Å². The van der Waals surface area contributed by atoms with E-state index in [9.17, 15) is 29.7 Å². The summed E-state index contributed by atoms with van der Waals surface area (Å²) in [5.74, 6) is -2.70. The van der Waals surface area contributed by atoms with Crippen LogP contribution in [0, 0.1) is 0 Å². The number of aliphatic hydroxyl groups excluding tert-OH is 1. The third kappa shape index (κ3) is 4.76. The number of phenols is 2. The van der Waals surface area contributed by atoms with Crippen LogP contribution in [0.15, 0.2) is 36.4 Å². The fraction of sp³-hybridized carbons (Fsp3) is 0.286. The maximum absolute atomic E-state index is 12.3. The quantitative estimate of drug-likeness (QED) is 0.328. The molecule has 0 fully saturated rings. The van der Waals surface area contributed by atoms with E-state index in [-0.39, 0.29) is 23.5 Å². The molecular weight excluding hydrogens is 406 g/mol. The fourth-order valence-corrected chi connectivity index (χ4v) is 3.33. The Labute approximate surface area is 177 Å². The zero-order chi connectivity index (χ0) is 22.7. The summed E-state index contributed by atoms with van der Waals surface area (Å²) in [7, 11) is 1.09. The van der Waals surface area contributed by atoms with E-state index in [0.717, 1.165) is 7.11 Å². The molecular formula is C21H23N3O7. The number of nitrogens with two attached hydrogens (primary N) is 1. The molecule has 3 unspecified atom stereocenters. The Balaban J connectivity index is 2.14. The predicted molar refractivity (Wildman–Crippen MR) is 109 cm³/mol. The summed E-state index contributed by atoms with van der Waals surface area (Å²) in [4.78, 5) is 36.7. The SMILES string of the molecule is COC(=O)C1NC(=O)CNC(=O)C(N)Cc2cc(ccc2O)-c2ccc(O)c(c2)C1O. The molecule has 0 aliphatic carbocycles. The molecule has 164 valence electrons. The lowest BCUT2D eigenvalue weighted by Crippen LogP contribution is -2.51. The highest BCUT2D eigenvalue weighted by atomic mass is 16.5. The number of aliphatic hydroxyl groups is 1. The summed E-state index contributed by atoms with van der Waals surface area (Å²) in [5.41, 5.74) is 7.47. The molecule has 2 aromatic rings. The molecule has 10 nitrogen and oxygen atoms in total. The van der Waals surface area contributed by atoms with E-state index >= 15 is 0 Å². The van der Waals surface area contributed by atoms with Gasteiger partial charge in [0.2, 0.25) is 11.8 Å². The van der Waals surface area contributed by atoms with Crippen molar-refractivity contribution in [3.63, 3.8) is 0 Å². The van der Waals surface area contributed by atoms with Crippen molar-refractivity contribution in [1.29, 1.82) is 0 Å². The van der Waals surface area contributed by atoms with Gasteiger partial charge in [-0.25, -0.2) is 4.79 Å². The van der Waals surface area contributed by atoms with Gasteiger partial charge in [0.25, 0.3) is 0 Å². The van der Waals surface area contributed by atoms with Crippen molar-refractivity contribution in [2.75, 3.05) is 13.7 Å². The van der Waals surface area contributed by atoms with E-state index in [4.69, 9.17) is 5.73 Å². The van der Waals surface area contributed by atoms with Gasteiger partial charge >= 0.3 is 5.97 Å². The third-order valence-corrected chi connectivity index (χ3v) is 5.05. The predicted octanol–water partition coefficient (Wildman–Crippen LogP) is -0.544. The van der Waals surface area contributed by atoms with Gasteiger partial charge in [0.15, 0.2) is 6.04 Å². The minimum absolute atomic E-state index is 0.00543. The van der Waals surface area contributed by atoms with Crippen LogP contribution in [0.1, 0.15) is 17.2 Å². The number of carbonyl (C=O) groups is 3. The minimum atomic E-state index is -1.64. The minimum Gasteiger partial charge on any atom is -0.508 e. The zero-order valence-electron chi connectivity index (χ0n) is 16.7. The normalized spacial score (nSPS) is 21.8. The highest BCUT2D eigenvalue weighted by molar-refractivity contribution is 5.90. The van der Waals surface area contributed by atoms with Crippen LogP contribution in [0.3, 0.4) is 0 Å². The van der Waals surface area contributed by atoms with E-state index in [1.807, 2.05) is 0 Å². The molecule has 0 saturated heterocycles. The summed E-state index contributed by atoms with van der Waals surface area (Å²) in [5, 5.41) is 35.9. The molecule has 1 heterocycles. The molecule has 1 aliphatic rings. The monoisotopic (exact) mass is 429 g/mol. The summed E-state index contributed by atoms with van der Waals surface area (Å²) in [6.07, 6.45) is -1.64. The van der Waals surface area contributed by atoms with Crippen LogP contribution < -0.4 is 16.4 Å². The van der Waals surface area contributed by atoms with Gasteiger partial charge in [0.1, 0.15) is 17.6 Å². The number of phenolic OH excluding ortho intramolecular Hbond substituents is 2. The second-order valence-corrected chi connectivity index (χ2v) is 7.16. The molecule has 3 atom stereocenters. The van der Waals surface area contributed by atoms with E-state index in [2.05, 4.69) is 15.4 Å². The van der Waals surface area contributed by atoms with Crippen LogP contribution in [-0.2, 0) is 25.5 Å². The summed E-state index contributed by atoms with van der Waals surface area (Å²) < 4.78 is 4.67. The number of amides is 2. The fourth-order valence-electron chi connectivity index (χ4n) is 3.33. The van der Waals surface area contributed by atoms with Crippen molar-refractivity contribution in [3.8, 4) is 22.6 Å². The Bertz CT molecular complexity index is 1020. The number of hydrogen-bond donors (Lipinski definition) is 6. The smallest absolute Gasteiger partial charge is 0.331 e. The molecule has 4 bridgehead atoms. The average Bonchev–Trinajstić information content (AvgIpc) is 2.76. The number of methoxy groups -OCH3 is 1. The van der Waals surface area contributed by atoms with E-state index in [1.165, 1.54) is 18.2 Å². The first-order valence-corrected chi connectivity index (χ1v) is 9.45. The van der Waals surface area contributed by atoms with Gasteiger partial charge in [0, 0.05) is 12.0 Å². The zero-order valence-corrected chi connectivity index (χ0v) is 16.7. The van der Waals surface area contributed by atoms with Crippen molar-refractivity contribution in [2.24, 2.45) is 5.73 Å². The topological polar surface area (TPSA) is 171 Å². The van der Waals surface area contributed by atoms with Crippen molar-refractivity contribution >= 4 is 17.8 Å². The van der Waals surface area contributed by atoms with Crippen molar-refractivity contribution in [1.82, 2.24) is 10.6 Å². The van der Waals surface area contributed by atoms with Crippen LogP contribution in [0.25, 0.3) is 11.1 Å². The van der Waals surface area contributed by atoms with Crippen LogP contribution in [0.5, 0.6) is 11.5 Å². The molecule has 2 aromatic carbocycles. The molecule has 0 radical (unpaired) electrons. The summed E-state index contributed by atoms with van der Waals surface area (Å²) in [6, 6.07) is 6.49. The number of hydrogen-bond acceptors (Lipinski definition) is 8. The van der Waals surface area contributed by atoms with Gasteiger partial charge in [-0.15, -0.1) is 0 Å².